The fourth-order valence-corrected chi connectivity index (χ4v) is 3.30. The Hall–Kier alpha value is -1.83. The number of rotatable bonds is 6. The number of primary amides is 1. The summed E-state index contributed by atoms with van der Waals surface area (Å²) in [5.41, 5.74) is 5.93. The molecule has 1 saturated heterocycles. The van der Waals surface area contributed by atoms with Crippen molar-refractivity contribution in [3.8, 4) is 0 Å². The average Bonchev–Trinajstić information content (AvgIpc) is 2.57. The highest BCUT2D eigenvalue weighted by Crippen LogP contribution is 2.24. The maximum atomic E-state index is 12.5. The number of likely N-dealkylation sites (tertiary alicyclic amines) is 1. The molecular weight excluding hydrogens is 379 g/mol. The van der Waals surface area contributed by atoms with Gasteiger partial charge in [0.25, 0.3) is 11.8 Å². The number of likely N-dealkylation sites (N-methyl/N-ethyl adjacent to an activating group) is 1. The van der Waals surface area contributed by atoms with Gasteiger partial charge in [-0.25, -0.2) is 0 Å². The van der Waals surface area contributed by atoms with Crippen LogP contribution in [0.25, 0.3) is 0 Å². The summed E-state index contributed by atoms with van der Waals surface area (Å²) in [6.45, 7) is 0.731. The molecule has 0 radical (unpaired) electrons. The van der Waals surface area contributed by atoms with Crippen LogP contribution in [0.5, 0.6) is 0 Å². The van der Waals surface area contributed by atoms with Crippen molar-refractivity contribution in [2.75, 3.05) is 32.0 Å². The molecule has 4 N–H and O–H groups in total. The minimum Gasteiger partial charge on any atom is -0.368 e. The lowest BCUT2D eigenvalue weighted by Crippen LogP contribution is -3.11. The molecule has 7 nitrogen and oxygen atoms in total. The summed E-state index contributed by atoms with van der Waals surface area (Å²) in [4.78, 5) is 38.4. The van der Waals surface area contributed by atoms with Crippen molar-refractivity contribution in [1.82, 2.24) is 4.90 Å². The number of halogens is 2. The predicted molar refractivity (Wildman–Crippen MR) is 100 cm³/mol. The van der Waals surface area contributed by atoms with Crippen LogP contribution in [-0.2, 0) is 14.4 Å². The van der Waals surface area contributed by atoms with Crippen molar-refractivity contribution >= 4 is 46.6 Å². The number of anilines is 1. The molecule has 0 aromatic heterocycles. The van der Waals surface area contributed by atoms with Gasteiger partial charge in [-0.1, -0.05) is 23.2 Å². The summed E-state index contributed by atoms with van der Waals surface area (Å²) in [5, 5.41) is 3.47. The Labute approximate surface area is 162 Å². The van der Waals surface area contributed by atoms with E-state index in [0.29, 0.717) is 33.6 Å². The van der Waals surface area contributed by atoms with Crippen LogP contribution in [0.1, 0.15) is 19.3 Å². The second-order valence-corrected chi connectivity index (χ2v) is 7.30. The average molecular weight is 402 g/mol. The fourth-order valence-electron chi connectivity index (χ4n) is 3.00. The van der Waals surface area contributed by atoms with Gasteiger partial charge in [0.1, 0.15) is 6.04 Å². The highest BCUT2D eigenvalue weighted by Gasteiger charge is 2.32. The lowest BCUT2D eigenvalue weighted by molar-refractivity contribution is -0.862. The molecule has 3 amide bonds. The van der Waals surface area contributed by atoms with Gasteiger partial charge in [0.05, 0.1) is 17.1 Å². The zero-order valence-electron chi connectivity index (χ0n) is 14.6. The first-order valence-corrected chi connectivity index (χ1v) is 9.18. The molecule has 0 bridgehead atoms. The molecule has 0 aliphatic carbocycles. The topological polar surface area (TPSA) is 96.9 Å². The van der Waals surface area contributed by atoms with E-state index < -0.39 is 11.9 Å². The summed E-state index contributed by atoms with van der Waals surface area (Å²) >= 11 is 11.8. The molecule has 26 heavy (non-hydrogen) atoms. The van der Waals surface area contributed by atoms with Gasteiger partial charge in [0, 0.05) is 12.2 Å². The third-order valence-corrected chi connectivity index (χ3v) is 5.01. The minimum atomic E-state index is -0.547. The zero-order valence-corrected chi connectivity index (χ0v) is 16.1. The van der Waals surface area contributed by atoms with Crippen LogP contribution in [0.3, 0.4) is 0 Å². The monoisotopic (exact) mass is 401 g/mol. The number of benzene rings is 1. The first kappa shape index (κ1) is 20.5. The molecule has 1 aliphatic heterocycles. The molecule has 0 saturated carbocycles. The molecule has 0 spiro atoms. The lowest BCUT2D eigenvalue weighted by atomic mass is 10.0. The third kappa shape index (κ3) is 5.59. The Bertz CT molecular complexity index is 699. The Kier molecular flexibility index (Phi) is 7.25. The Morgan fingerprint density at radius 1 is 1.23 bits per heavy atom. The number of hydrogen-bond donors (Lipinski definition) is 3. The third-order valence-electron chi connectivity index (χ3n) is 4.27. The van der Waals surface area contributed by atoms with E-state index in [-0.39, 0.29) is 24.9 Å². The quantitative estimate of drug-likeness (QED) is 0.639. The van der Waals surface area contributed by atoms with E-state index in [4.69, 9.17) is 28.9 Å². The summed E-state index contributed by atoms with van der Waals surface area (Å²) in [6.07, 6.45) is 2.33. The van der Waals surface area contributed by atoms with Gasteiger partial charge in [0.15, 0.2) is 13.1 Å². The highest BCUT2D eigenvalue weighted by atomic mass is 35.5. The molecule has 1 fully saturated rings. The number of amides is 3. The van der Waals surface area contributed by atoms with E-state index in [1.165, 1.54) is 4.90 Å². The van der Waals surface area contributed by atoms with Crippen LogP contribution in [0.4, 0.5) is 5.69 Å². The van der Waals surface area contributed by atoms with Gasteiger partial charge in [0.2, 0.25) is 5.91 Å². The maximum Gasteiger partial charge on any atom is 0.279 e. The first-order valence-electron chi connectivity index (χ1n) is 8.43. The van der Waals surface area contributed by atoms with E-state index >= 15 is 0 Å². The molecule has 142 valence electrons. The molecule has 1 heterocycles. The maximum absolute atomic E-state index is 12.5. The number of nitrogens with zero attached hydrogens (tertiary/aromatic N) is 1. The molecule has 1 unspecified atom stereocenters. The number of carbonyl (C=O) groups excluding carboxylic acids is 3. The molecule has 9 heteroatoms. The summed E-state index contributed by atoms with van der Waals surface area (Å²) < 4.78 is 0. The van der Waals surface area contributed by atoms with Gasteiger partial charge in [-0.3, -0.25) is 14.4 Å². The summed E-state index contributed by atoms with van der Waals surface area (Å²) in [5.74, 6) is -0.903. The molecule has 1 aromatic rings. The van der Waals surface area contributed by atoms with Gasteiger partial charge in [-0.15, -0.1) is 0 Å². The number of nitrogens with two attached hydrogens (primary N) is 1. The molecule has 2 atom stereocenters. The second-order valence-electron chi connectivity index (χ2n) is 6.49. The van der Waals surface area contributed by atoms with Gasteiger partial charge in [-0.2, -0.15) is 0 Å². The largest absolute Gasteiger partial charge is 0.368 e. The van der Waals surface area contributed by atoms with E-state index in [2.05, 4.69) is 5.32 Å². The normalized spacial score (nSPS) is 18.3. The van der Waals surface area contributed by atoms with Crippen molar-refractivity contribution < 1.29 is 19.3 Å². The Morgan fingerprint density at radius 3 is 2.62 bits per heavy atom. The summed E-state index contributed by atoms with van der Waals surface area (Å²) in [7, 11) is 1.75. The van der Waals surface area contributed by atoms with Gasteiger partial charge in [-0.05, 0) is 37.5 Å². The van der Waals surface area contributed by atoms with Crippen molar-refractivity contribution in [2.24, 2.45) is 5.73 Å². The van der Waals surface area contributed by atoms with Crippen molar-refractivity contribution in [1.29, 1.82) is 0 Å². The van der Waals surface area contributed by atoms with Gasteiger partial charge < -0.3 is 20.9 Å². The standard InChI is InChI=1S/C17H22Cl2N4O3/c1-22(9-15(24)21-11-5-6-12(18)13(19)8-11)10-16(25)23-7-3-2-4-14(23)17(20)26/h5-6,8,14H,2-4,7,9-10H2,1H3,(H2,20,26)(H,21,24)/p+1/t14-/m1/s1. The number of carbonyl (C=O) groups is 3. The molecule has 2 rings (SSSR count). The van der Waals surface area contributed by atoms with Crippen molar-refractivity contribution in [2.45, 2.75) is 25.3 Å². The first-order chi connectivity index (χ1) is 12.3. The van der Waals surface area contributed by atoms with E-state index in [1.807, 2.05) is 0 Å². The van der Waals surface area contributed by atoms with E-state index in [1.54, 1.807) is 25.2 Å². The van der Waals surface area contributed by atoms with Crippen LogP contribution in [0.15, 0.2) is 18.2 Å². The second kappa shape index (κ2) is 9.21. The number of quaternary nitrogens is 1. The molecular formula is C17H23Cl2N4O3+. The highest BCUT2D eigenvalue weighted by molar-refractivity contribution is 6.42. The minimum absolute atomic E-state index is 0.0983. The molecule has 1 aromatic carbocycles. The number of piperidine rings is 1. The van der Waals surface area contributed by atoms with Crippen molar-refractivity contribution in [3.05, 3.63) is 28.2 Å². The smallest absolute Gasteiger partial charge is 0.279 e. The van der Waals surface area contributed by atoms with Gasteiger partial charge >= 0.3 is 0 Å². The van der Waals surface area contributed by atoms with E-state index in [0.717, 1.165) is 12.8 Å². The van der Waals surface area contributed by atoms with Crippen molar-refractivity contribution in [3.63, 3.8) is 0 Å². The zero-order chi connectivity index (χ0) is 19.3. The lowest BCUT2D eigenvalue weighted by Gasteiger charge is -2.33. The molecule has 1 aliphatic rings. The fraction of sp³-hybridized carbons (Fsp3) is 0.471. The predicted octanol–water partition coefficient (Wildman–Crippen LogP) is 0.313. The SMILES string of the molecule is C[NH+](CC(=O)Nc1ccc(Cl)c(Cl)c1)CC(=O)N1CCCC[C@@H]1C(N)=O. The number of hydrogen-bond acceptors (Lipinski definition) is 3. The van der Waals surface area contributed by atoms with Crippen LogP contribution in [-0.4, -0.2) is 55.3 Å². The Morgan fingerprint density at radius 2 is 1.96 bits per heavy atom. The Balaban J connectivity index is 1.87. The van der Waals surface area contributed by atoms with Crippen LogP contribution in [0, 0.1) is 0 Å². The van der Waals surface area contributed by atoms with Crippen LogP contribution in [0.2, 0.25) is 10.0 Å². The summed E-state index contributed by atoms with van der Waals surface area (Å²) in [6, 6.07) is 4.26. The number of nitrogens with one attached hydrogen (secondary N) is 2. The van der Waals surface area contributed by atoms with E-state index in [9.17, 15) is 14.4 Å². The van der Waals surface area contributed by atoms with Crippen LogP contribution >= 0.6 is 23.2 Å². The van der Waals surface area contributed by atoms with Crippen LogP contribution < -0.4 is 16.0 Å².